The number of halogens is 1. The molecule has 0 unspecified atom stereocenters. The summed E-state index contributed by atoms with van der Waals surface area (Å²) in [5.41, 5.74) is 1.60. The lowest BCUT2D eigenvalue weighted by Crippen LogP contribution is -2.33. The lowest BCUT2D eigenvalue weighted by Gasteiger charge is -2.25. The second-order valence-electron chi connectivity index (χ2n) is 4.49. The van der Waals surface area contributed by atoms with Gasteiger partial charge in [-0.15, -0.1) is 0 Å². The molecule has 0 radical (unpaired) electrons. The zero-order valence-corrected chi connectivity index (χ0v) is 11.5. The van der Waals surface area contributed by atoms with E-state index in [2.05, 4.69) is 5.16 Å². The van der Waals surface area contributed by atoms with Crippen LogP contribution in [-0.2, 0) is 14.4 Å². The highest BCUT2D eigenvalue weighted by molar-refractivity contribution is 6.38. The van der Waals surface area contributed by atoms with Crippen LogP contribution in [0.15, 0.2) is 41.2 Å². The molecule has 0 aromatic heterocycles. The molecule has 2 aliphatic rings. The zero-order chi connectivity index (χ0) is 13.9. The Bertz CT molecular complexity index is 592. The maximum Gasteiger partial charge on any atom is 0.369 e. The number of nitrogens with zero attached hydrogens (tertiary/aromatic N) is 2. The van der Waals surface area contributed by atoms with Gasteiger partial charge >= 0.3 is 5.97 Å². The van der Waals surface area contributed by atoms with E-state index in [0.29, 0.717) is 35.1 Å². The Morgan fingerprint density at radius 1 is 1.25 bits per heavy atom. The Balaban J connectivity index is 1.92. The van der Waals surface area contributed by atoms with E-state index in [1.54, 1.807) is 12.3 Å². The van der Waals surface area contributed by atoms with Crippen LogP contribution in [-0.4, -0.2) is 42.9 Å². The molecule has 0 aliphatic carbocycles. The van der Waals surface area contributed by atoms with Crippen molar-refractivity contribution in [2.75, 3.05) is 26.3 Å². The first-order valence-corrected chi connectivity index (χ1v) is 6.72. The van der Waals surface area contributed by atoms with Gasteiger partial charge < -0.3 is 14.5 Å². The van der Waals surface area contributed by atoms with E-state index in [1.807, 2.05) is 23.1 Å². The molecular weight excluding hydrogens is 280 g/mol. The van der Waals surface area contributed by atoms with Crippen LogP contribution in [0.3, 0.4) is 0 Å². The fourth-order valence-corrected chi connectivity index (χ4v) is 2.36. The van der Waals surface area contributed by atoms with Gasteiger partial charge in [-0.2, -0.15) is 0 Å². The smallest absolute Gasteiger partial charge is 0.369 e. The molecule has 0 spiro atoms. The van der Waals surface area contributed by atoms with Crippen molar-refractivity contribution in [3.05, 3.63) is 46.6 Å². The van der Waals surface area contributed by atoms with Crippen molar-refractivity contribution in [3.63, 3.8) is 0 Å². The predicted molar refractivity (Wildman–Crippen MR) is 74.6 cm³/mol. The van der Waals surface area contributed by atoms with Gasteiger partial charge in [0.05, 0.1) is 18.2 Å². The Labute approximate surface area is 121 Å². The number of oxime groups is 1. The van der Waals surface area contributed by atoms with Crippen molar-refractivity contribution >= 4 is 23.3 Å². The quantitative estimate of drug-likeness (QED) is 0.616. The van der Waals surface area contributed by atoms with E-state index >= 15 is 0 Å². The Kier molecular flexibility index (Phi) is 3.71. The highest BCUT2D eigenvalue weighted by Gasteiger charge is 2.29. The third-order valence-electron chi connectivity index (χ3n) is 3.18. The molecule has 20 heavy (non-hydrogen) atoms. The molecule has 104 valence electrons. The van der Waals surface area contributed by atoms with Gasteiger partial charge in [0, 0.05) is 24.9 Å². The summed E-state index contributed by atoms with van der Waals surface area (Å²) >= 11 is 6.15. The number of carbonyl (C=O) groups excluding carboxylic acids is 1. The number of hydrogen-bond donors (Lipinski definition) is 0. The van der Waals surface area contributed by atoms with Crippen LogP contribution in [0.5, 0.6) is 0 Å². The maximum atomic E-state index is 11.8. The summed E-state index contributed by atoms with van der Waals surface area (Å²) in [5.74, 6) is -0.452. The van der Waals surface area contributed by atoms with Crippen LogP contribution in [0.25, 0.3) is 0 Å². The normalized spacial score (nSPS) is 21.1. The van der Waals surface area contributed by atoms with Crippen molar-refractivity contribution in [1.29, 1.82) is 0 Å². The minimum atomic E-state index is -0.452. The first-order valence-electron chi connectivity index (χ1n) is 6.34. The van der Waals surface area contributed by atoms with Crippen LogP contribution >= 0.6 is 11.6 Å². The molecule has 0 saturated carbocycles. The first kappa shape index (κ1) is 13.1. The van der Waals surface area contributed by atoms with Gasteiger partial charge in [-0.05, 0) is 6.07 Å². The average molecular weight is 293 g/mol. The fraction of sp³-hybridized carbons (Fsp3) is 0.286. The Morgan fingerprint density at radius 2 is 2.00 bits per heavy atom. The van der Waals surface area contributed by atoms with Crippen molar-refractivity contribution in [2.45, 2.75) is 0 Å². The highest BCUT2D eigenvalue weighted by atomic mass is 35.5. The Morgan fingerprint density at radius 3 is 2.75 bits per heavy atom. The van der Waals surface area contributed by atoms with E-state index < -0.39 is 5.97 Å². The molecule has 0 bridgehead atoms. The first-order chi connectivity index (χ1) is 9.75. The topological polar surface area (TPSA) is 51.1 Å². The van der Waals surface area contributed by atoms with Crippen LogP contribution < -0.4 is 0 Å². The highest BCUT2D eigenvalue weighted by Crippen LogP contribution is 2.24. The molecule has 1 aromatic carbocycles. The fourth-order valence-electron chi connectivity index (χ4n) is 2.13. The summed E-state index contributed by atoms with van der Waals surface area (Å²) in [4.78, 5) is 18.7. The minimum absolute atomic E-state index is 0.431. The molecule has 1 fully saturated rings. The molecule has 5 nitrogen and oxygen atoms in total. The van der Waals surface area contributed by atoms with Crippen molar-refractivity contribution < 1.29 is 14.4 Å². The molecule has 6 heteroatoms. The largest absolute Gasteiger partial charge is 0.378 e. The summed E-state index contributed by atoms with van der Waals surface area (Å²) in [6, 6.07) is 7.25. The summed E-state index contributed by atoms with van der Waals surface area (Å²) in [6.07, 6.45) is 1.78. The van der Waals surface area contributed by atoms with E-state index in [4.69, 9.17) is 21.2 Å². The van der Waals surface area contributed by atoms with Gasteiger partial charge in [-0.25, -0.2) is 4.79 Å². The summed E-state index contributed by atoms with van der Waals surface area (Å²) < 4.78 is 5.28. The lowest BCUT2D eigenvalue weighted by molar-refractivity contribution is -0.137. The molecular formula is C14H13ClN2O3. The summed E-state index contributed by atoms with van der Waals surface area (Å²) in [5, 5.41) is 4.39. The van der Waals surface area contributed by atoms with Gasteiger partial charge in [0.1, 0.15) is 11.3 Å². The average Bonchev–Trinajstić information content (AvgIpc) is 2.82. The van der Waals surface area contributed by atoms with Crippen LogP contribution in [0.2, 0.25) is 5.02 Å². The van der Waals surface area contributed by atoms with Crippen molar-refractivity contribution in [2.24, 2.45) is 5.16 Å². The van der Waals surface area contributed by atoms with E-state index in [9.17, 15) is 4.79 Å². The Hall–Kier alpha value is -1.85. The number of hydrogen-bond acceptors (Lipinski definition) is 5. The molecule has 1 aromatic rings. The second kappa shape index (κ2) is 5.64. The van der Waals surface area contributed by atoms with E-state index in [-0.39, 0.29) is 0 Å². The van der Waals surface area contributed by atoms with Crippen LogP contribution in [0.1, 0.15) is 5.56 Å². The summed E-state index contributed by atoms with van der Waals surface area (Å²) in [6.45, 7) is 2.79. The van der Waals surface area contributed by atoms with Gasteiger partial charge in [-0.1, -0.05) is 35.0 Å². The molecule has 1 saturated heterocycles. The van der Waals surface area contributed by atoms with Crippen molar-refractivity contribution in [3.8, 4) is 0 Å². The third kappa shape index (κ3) is 2.55. The standard InChI is InChI=1S/C14H13ClN2O3/c15-12-4-2-1-3-10(12)13-11(14(18)20-16-13)9-17-5-7-19-8-6-17/h1-4,9H,5-8H2. The number of ether oxygens (including phenoxy) is 1. The predicted octanol–water partition coefficient (Wildman–Crippen LogP) is 1.82. The van der Waals surface area contributed by atoms with Crippen molar-refractivity contribution in [1.82, 2.24) is 4.90 Å². The number of benzene rings is 1. The van der Waals surface area contributed by atoms with E-state index in [1.165, 1.54) is 0 Å². The number of rotatable bonds is 2. The van der Waals surface area contributed by atoms with Crippen LogP contribution in [0.4, 0.5) is 0 Å². The van der Waals surface area contributed by atoms with Gasteiger partial charge in [0.2, 0.25) is 0 Å². The molecule has 0 atom stereocenters. The molecule has 2 heterocycles. The summed E-state index contributed by atoms with van der Waals surface area (Å²) in [7, 11) is 0. The van der Waals surface area contributed by atoms with Gasteiger partial charge in [-0.3, -0.25) is 0 Å². The third-order valence-corrected chi connectivity index (χ3v) is 3.51. The van der Waals surface area contributed by atoms with E-state index in [0.717, 1.165) is 13.1 Å². The molecule has 2 aliphatic heterocycles. The van der Waals surface area contributed by atoms with Crippen LogP contribution in [0, 0.1) is 0 Å². The van der Waals surface area contributed by atoms with Gasteiger partial charge in [0.25, 0.3) is 0 Å². The maximum absolute atomic E-state index is 11.8. The van der Waals surface area contributed by atoms with Gasteiger partial charge in [0.15, 0.2) is 0 Å². The monoisotopic (exact) mass is 292 g/mol. The minimum Gasteiger partial charge on any atom is -0.378 e. The zero-order valence-electron chi connectivity index (χ0n) is 10.7. The lowest BCUT2D eigenvalue weighted by atomic mass is 10.0. The molecule has 0 N–H and O–H groups in total. The SMILES string of the molecule is O=C1ON=C(c2ccccc2Cl)C1=CN1CCOCC1. The molecule has 0 amide bonds. The number of carbonyl (C=O) groups is 1. The molecule has 3 rings (SSSR count). The second-order valence-corrected chi connectivity index (χ2v) is 4.90. The number of morpholine rings is 1.